The number of likely N-dealkylation sites (tertiary alicyclic amines) is 1. The maximum absolute atomic E-state index is 11.0. The smallest absolute Gasteiger partial charge is 0.0845 e. The van der Waals surface area contributed by atoms with Gasteiger partial charge in [0.05, 0.1) is 12.6 Å². The van der Waals surface area contributed by atoms with E-state index < -0.39 is 0 Å². The Balaban J connectivity index is 1.39. The lowest BCUT2D eigenvalue weighted by atomic mass is 9.63. The molecule has 2 aliphatic rings. The first-order chi connectivity index (χ1) is 13.4. The Morgan fingerprint density at radius 3 is 2.18 bits per heavy atom. The van der Waals surface area contributed by atoms with Crippen LogP contribution in [0.2, 0.25) is 0 Å². The number of nitrogens with zero attached hydrogens (tertiary/aromatic N) is 2. The normalized spacial score (nSPS) is 28.2. The van der Waals surface area contributed by atoms with Crippen LogP contribution < -0.4 is 0 Å². The molecule has 3 nitrogen and oxygen atoms in total. The summed E-state index contributed by atoms with van der Waals surface area (Å²) < 4.78 is 2.31. The minimum atomic E-state index is -0.358. The van der Waals surface area contributed by atoms with Crippen LogP contribution >= 0.6 is 0 Å². The van der Waals surface area contributed by atoms with Gasteiger partial charge in [-0.25, -0.2) is 0 Å². The molecular formula is C25H32N2O. The Hall–Kier alpha value is -1.84. The molecule has 28 heavy (non-hydrogen) atoms. The molecule has 2 bridgehead atoms. The molecule has 148 valence electrons. The summed E-state index contributed by atoms with van der Waals surface area (Å²) in [5.74, 6) is 0.756. The van der Waals surface area contributed by atoms with Gasteiger partial charge in [0.2, 0.25) is 0 Å². The molecule has 1 saturated carbocycles. The molecule has 0 spiro atoms. The fourth-order valence-electron chi connectivity index (χ4n) is 6.05. The third kappa shape index (κ3) is 2.63. The number of aliphatic hydroxyl groups excluding tert-OH is 1. The highest BCUT2D eigenvalue weighted by atomic mass is 16.3. The highest BCUT2D eigenvalue weighted by Crippen LogP contribution is 2.58. The first kappa shape index (κ1) is 18.2. The quantitative estimate of drug-likeness (QED) is 0.700. The van der Waals surface area contributed by atoms with Crippen molar-refractivity contribution in [2.24, 2.45) is 16.7 Å². The van der Waals surface area contributed by atoms with E-state index in [-0.39, 0.29) is 6.10 Å². The summed E-state index contributed by atoms with van der Waals surface area (Å²) in [4.78, 5) is 2.53. The fraction of sp³-hybridized carbons (Fsp3) is 0.520. The van der Waals surface area contributed by atoms with Crippen LogP contribution in [0, 0.1) is 16.7 Å². The van der Waals surface area contributed by atoms with Crippen LogP contribution in [-0.2, 0) is 6.54 Å². The average molecular weight is 377 g/mol. The second-order valence-electron chi connectivity index (χ2n) is 10.0. The van der Waals surface area contributed by atoms with Crippen molar-refractivity contribution < 1.29 is 5.11 Å². The summed E-state index contributed by atoms with van der Waals surface area (Å²) >= 11 is 0. The number of hydrogen-bond donors (Lipinski definition) is 1. The van der Waals surface area contributed by atoms with Gasteiger partial charge in [0.1, 0.15) is 0 Å². The van der Waals surface area contributed by atoms with Crippen molar-refractivity contribution in [3.63, 3.8) is 0 Å². The summed E-state index contributed by atoms with van der Waals surface area (Å²) in [5, 5.41) is 13.6. The second-order valence-corrected chi connectivity index (χ2v) is 10.0. The van der Waals surface area contributed by atoms with Crippen LogP contribution in [0.15, 0.2) is 48.5 Å². The SMILES string of the molecule is CC1(C)[C@@H]2CC[C@@]1(C)CN(C[C@H](O)Cn1c3ccccc3c3ccccc31)C2. The van der Waals surface area contributed by atoms with Crippen LogP contribution in [0.25, 0.3) is 21.8 Å². The molecule has 1 N–H and O–H groups in total. The standard InChI is InChI=1S/C25H32N2O/c1-24(2)18-12-13-25(24,3)17-26(14-18)15-19(28)16-27-22-10-6-4-8-20(22)21-9-5-7-11-23(21)27/h4-11,18-19,28H,12-17H2,1-3H3/t18-,19+,25+/m1/s1. The first-order valence-corrected chi connectivity index (χ1v) is 10.8. The number of aromatic nitrogens is 1. The van der Waals surface area contributed by atoms with Gasteiger partial charge in [-0.3, -0.25) is 4.90 Å². The summed E-state index contributed by atoms with van der Waals surface area (Å²) in [6.45, 7) is 11.0. The monoisotopic (exact) mass is 376 g/mol. The van der Waals surface area contributed by atoms with Crippen molar-refractivity contribution in [1.29, 1.82) is 0 Å². The first-order valence-electron chi connectivity index (χ1n) is 10.8. The number of fused-ring (bicyclic) bond motifs is 5. The van der Waals surface area contributed by atoms with Gasteiger partial charge in [-0.15, -0.1) is 0 Å². The number of benzene rings is 2. The number of hydrogen-bond acceptors (Lipinski definition) is 2. The van der Waals surface area contributed by atoms with E-state index in [1.807, 2.05) is 0 Å². The van der Waals surface area contributed by atoms with Gasteiger partial charge in [-0.2, -0.15) is 0 Å². The van der Waals surface area contributed by atoms with E-state index >= 15 is 0 Å². The number of rotatable bonds is 4. The Morgan fingerprint density at radius 2 is 1.57 bits per heavy atom. The lowest BCUT2D eigenvalue weighted by Gasteiger charge is -2.50. The third-order valence-electron chi connectivity index (χ3n) is 8.21. The van der Waals surface area contributed by atoms with E-state index in [1.165, 1.54) is 34.6 Å². The predicted molar refractivity (Wildman–Crippen MR) is 117 cm³/mol. The molecule has 3 aromatic rings. The number of para-hydroxylation sites is 2. The fourth-order valence-corrected chi connectivity index (χ4v) is 6.05. The van der Waals surface area contributed by atoms with E-state index in [4.69, 9.17) is 0 Å². The van der Waals surface area contributed by atoms with Gasteiger partial charge >= 0.3 is 0 Å². The van der Waals surface area contributed by atoms with Crippen molar-refractivity contribution >= 4 is 21.8 Å². The summed E-state index contributed by atoms with van der Waals surface area (Å²) in [6.07, 6.45) is 2.30. The number of piperidine rings is 1. The summed E-state index contributed by atoms with van der Waals surface area (Å²) in [6, 6.07) is 17.1. The molecule has 2 fully saturated rings. The van der Waals surface area contributed by atoms with Gasteiger partial charge < -0.3 is 9.67 Å². The molecule has 0 radical (unpaired) electrons. The van der Waals surface area contributed by atoms with Gasteiger partial charge in [-0.1, -0.05) is 57.2 Å². The molecular weight excluding hydrogens is 344 g/mol. The van der Waals surface area contributed by atoms with E-state index in [1.54, 1.807) is 0 Å². The molecule has 1 aromatic heterocycles. The zero-order valence-corrected chi connectivity index (χ0v) is 17.4. The molecule has 1 aliphatic heterocycles. The van der Waals surface area contributed by atoms with Crippen LogP contribution in [0.1, 0.15) is 33.6 Å². The maximum atomic E-state index is 11.0. The third-order valence-corrected chi connectivity index (χ3v) is 8.21. The van der Waals surface area contributed by atoms with E-state index in [0.717, 1.165) is 25.6 Å². The van der Waals surface area contributed by atoms with Gasteiger partial charge in [0.15, 0.2) is 0 Å². The van der Waals surface area contributed by atoms with Crippen molar-refractivity contribution in [1.82, 2.24) is 9.47 Å². The van der Waals surface area contributed by atoms with Crippen molar-refractivity contribution in [3.8, 4) is 0 Å². The van der Waals surface area contributed by atoms with Crippen LogP contribution in [0.3, 0.4) is 0 Å². The number of β-amino-alcohol motifs (C(OH)–C–C–N with tert-alkyl or cyclic N) is 1. The molecule has 5 rings (SSSR count). The second kappa shape index (κ2) is 6.33. The highest BCUT2D eigenvalue weighted by molar-refractivity contribution is 6.07. The van der Waals surface area contributed by atoms with Crippen LogP contribution in [0.5, 0.6) is 0 Å². The van der Waals surface area contributed by atoms with E-state index in [2.05, 4.69) is 78.8 Å². The van der Waals surface area contributed by atoms with E-state index in [9.17, 15) is 5.11 Å². The highest BCUT2D eigenvalue weighted by Gasteiger charge is 2.55. The van der Waals surface area contributed by atoms with Gasteiger partial charge in [0, 0.05) is 41.4 Å². The Morgan fingerprint density at radius 1 is 0.964 bits per heavy atom. The maximum Gasteiger partial charge on any atom is 0.0845 e. The van der Waals surface area contributed by atoms with Crippen molar-refractivity contribution in [2.75, 3.05) is 19.6 Å². The van der Waals surface area contributed by atoms with Crippen molar-refractivity contribution in [2.45, 2.75) is 46.3 Å². The molecule has 3 atom stereocenters. The average Bonchev–Trinajstić information content (AvgIpc) is 2.99. The molecule has 0 amide bonds. The molecule has 1 saturated heterocycles. The number of aliphatic hydroxyl groups is 1. The topological polar surface area (TPSA) is 28.4 Å². The zero-order chi connectivity index (χ0) is 19.5. The van der Waals surface area contributed by atoms with Crippen LogP contribution in [0.4, 0.5) is 0 Å². The van der Waals surface area contributed by atoms with Gasteiger partial charge in [0.25, 0.3) is 0 Å². The minimum Gasteiger partial charge on any atom is -0.390 e. The Bertz CT molecular complexity index is 966. The summed E-state index contributed by atoms with van der Waals surface area (Å²) in [7, 11) is 0. The van der Waals surface area contributed by atoms with Crippen LogP contribution in [-0.4, -0.2) is 40.3 Å². The largest absolute Gasteiger partial charge is 0.390 e. The molecule has 2 aromatic carbocycles. The molecule has 0 unspecified atom stereocenters. The predicted octanol–water partition coefficient (Wildman–Crippen LogP) is 4.91. The van der Waals surface area contributed by atoms with Gasteiger partial charge in [-0.05, 0) is 41.7 Å². The summed E-state index contributed by atoms with van der Waals surface area (Å²) in [5.41, 5.74) is 3.23. The Kier molecular flexibility index (Phi) is 4.12. The minimum absolute atomic E-state index is 0.358. The Labute approximate surface area is 168 Å². The molecule has 2 heterocycles. The van der Waals surface area contributed by atoms with E-state index in [0.29, 0.717) is 17.4 Å². The van der Waals surface area contributed by atoms with Crippen molar-refractivity contribution in [3.05, 3.63) is 48.5 Å². The lowest BCUT2D eigenvalue weighted by Crippen LogP contribution is -2.53. The zero-order valence-electron chi connectivity index (χ0n) is 17.4. The molecule has 3 heteroatoms. The molecule has 1 aliphatic carbocycles. The lowest BCUT2D eigenvalue weighted by molar-refractivity contribution is -0.0345.